The van der Waals surface area contributed by atoms with Gasteiger partial charge in [0.15, 0.2) is 6.33 Å². The van der Waals surface area contributed by atoms with Crippen LogP contribution in [0.4, 0.5) is 0 Å². The van der Waals surface area contributed by atoms with Gasteiger partial charge in [-0.05, 0) is 141 Å². The number of nitrogens with zero attached hydrogens (tertiary/aromatic N) is 19. The van der Waals surface area contributed by atoms with Crippen LogP contribution in [0.2, 0.25) is 0 Å². The van der Waals surface area contributed by atoms with Crippen molar-refractivity contribution in [3.63, 3.8) is 0 Å². The van der Waals surface area contributed by atoms with Gasteiger partial charge in [0.05, 0.1) is 18.6 Å². The standard InChI is InChI=1S/C5H5N.2C5H12.3C4H4N2.9C4H10.C3H3NO.C3H3NS.3C2H2N2O.2C2H2N2S.11C2H6/c1-2-4-6-5-3-1;2*1-5(2,3)4;1-2-6-4-3-5-1;1-2-5-4-6-3-1;1-2-4-6-5-3-1;9*1-4(2)3;2*1-2-4-5-3-1;1-3-4-2-5-1;1-3-2-5-4-1;1-2-5-4-3-1;1-3-2-5-4-1;1-2-5-4-3-1;11*1-2/h1-5H;2*1-4H3;3*1-4H;9*4H,1-3H3;2*1-3H;5*1-2H;11*1-2H3. The molecular formula is C101H213N19O4S3. The SMILES string of the molecule is CC.CC.CC.CC.CC.CC.CC.CC.CC.CC.CC.CC(C)(C)C.CC(C)(C)C.CC(C)C.CC(C)C.CC(C)C.CC(C)C.CC(C)C.CC(C)C.CC(C)C.CC(C)C.CC(C)C.c1ccncc1.c1ccnnc1.c1cnccn1.c1cncnc1.c1cnoc1.c1cnsc1.c1conn1.c1csnn1.c1ncon1.c1ncsn1.c1nnco1. The Bertz CT molecular complexity index is 2010. The maximum Gasteiger partial charge on any atom is 0.213 e. The highest BCUT2D eigenvalue weighted by molar-refractivity contribution is 7.03. The smallest absolute Gasteiger partial charge is 0.213 e. The molecule has 0 amide bonds. The van der Waals surface area contributed by atoms with E-state index in [0.29, 0.717) is 10.8 Å². The molecule has 0 bridgehead atoms. The molecule has 0 radical (unpaired) electrons. The van der Waals surface area contributed by atoms with Gasteiger partial charge in [0.1, 0.15) is 30.7 Å². The monoisotopic (exact) mass is 1850 g/mol. The molecule has 0 aromatic carbocycles. The highest BCUT2D eigenvalue weighted by atomic mass is 32.1. The van der Waals surface area contributed by atoms with E-state index in [1.165, 1.54) is 91.5 Å². The minimum atomic E-state index is 0.500. The first-order valence-corrected chi connectivity index (χ1v) is 48.7. The van der Waals surface area contributed by atoms with E-state index in [0.717, 1.165) is 53.3 Å². The van der Waals surface area contributed by atoms with E-state index in [1.54, 1.807) is 98.2 Å². The Balaban J connectivity index is -0.0000000451. The maximum atomic E-state index is 4.36. The molecule has 0 aliphatic carbocycles. The van der Waals surface area contributed by atoms with E-state index in [2.05, 4.69) is 355 Å². The molecule has 26 heteroatoms. The quantitative estimate of drug-likeness (QED) is 0.136. The van der Waals surface area contributed by atoms with Gasteiger partial charge >= 0.3 is 0 Å². The summed E-state index contributed by atoms with van der Waals surface area (Å²) in [5.41, 5.74) is 2.68. The van der Waals surface area contributed by atoms with Crippen LogP contribution < -0.4 is 0 Å². The summed E-state index contributed by atoms with van der Waals surface area (Å²) in [7, 11) is 0. The van der Waals surface area contributed by atoms with Gasteiger partial charge in [-0.3, -0.25) is 15.0 Å². The van der Waals surface area contributed by atoms with Crippen LogP contribution >= 0.6 is 34.6 Å². The summed E-state index contributed by atoms with van der Waals surface area (Å²) in [5, 5.41) is 33.9. The molecule has 127 heavy (non-hydrogen) atoms. The first-order chi connectivity index (χ1) is 60.1. The average molecular weight is 1850 g/mol. The number of pyridine rings is 1. The fraction of sp³-hybridized carbons (Fsp3) is 0.673. The Hall–Kier alpha value is -8.23. The lowest BCUT2D eigenvalue weighted by atomic mass is 10.0. The lowest BCUT2D eigenvalue weighted by molar-refractivity contribution is 0.393. The van der Waals surface area contributed by atoms with Crippen molar-refractivity contribution in [2.75, 3.05) is 0 Å². The number of aromatic nitrogens is 19. The van der Waals surface area contributed by atoms with Crippen LogP contribution in [0.5, 0.6) is 0 Å². The van der Waals surface area contributed by atoms with E-state index in [9.17, 15) is 0 Å². The Labute approximate surface area is 802 Å². The molecule has 11 aromatic heterocycles. The van der Waals surface area contributed by atoms with Crippen molar-refractivity contribution in [2.45, 2.75) is 395 Å². The van der Waals surface area contributed by atoms with Gasteiger partial charge in [-0.2, -0.15) is 14.6 Å². The third-order valence-corrected chi connectivity index (χ3v) is 5.50. The van der Waals surface area contributed by atoms with Crippen molar-refractivity contribution < 1.29 is 18.0 Å². The van der Waals surface area contributed by atoms with Crippen LogP contribution in [-0.4, -0.2) is 94.3 Å². The van der Waals surface area contributed by atoms with Crippen LogP contribution in [0.1, 0.15) is 395 Å². The largest absolute Gasteiger partial charge is 0.431 e. The summed E-state index contributed by atoms with van der Waals surface area (Å²) in [5.74, 6) is 7.50. The van der Waals surface area contributed by atoms with E-state index in [4.69, 9.17) is 0 Å². The molecule has 11 rings (SSSR count). The van der Waals surface area contributed by atoms with Gasteiger partial charge in [0, 0.05) is 84.2 Å². The van der Waals surface area contributed by atoms with E-state index in [-0.39, 0.29) is 0 Å². The van der Waals surface area contributed by atoms with Crippen LogP contribution in [0.15, 0.2) is 220 Å². The fourth-order valence-electron chi connectivity index (χ4n) is 2.10. The molecule has 11 aromatic rings. The van der Waals surface area contributed by atoms with Gasteiger partial charge < -0.3 is 18.0 Å². The van der Waals surface area contributed by atoms with E-state index >= 15 is 0 Å². The molecule has 0 aliphatic rings. The summed E-state index contributed by atoms with van der Waals surface area (Å²) in [6.45, 7) is 120. The molecule has 0 atom stereocenters. The summed E-state index contributed by atoms with van der Waals surface area (Å²) in [4.78, 5) is 25.7. The first-order valence-electron chi connectivity index (χ1n) is 46.2. The number of hydrogen-bond acceptors (Lipinski definition) is 26. The Morgan fingerprint density at radius 3 is 0.646 bits per heavy atom. The third-order valence-electron chi connectivity index (χ3n) is 4.11. The molecule has 754 valence electrons. The van der Waals surface area contributed by atoms with Crippen LogP contribution in [0, 0.1) is 64.1 Å². The van der Waals surface area contributed by atoms with Crippen molar-refractivity contribution in [1.82, 2.24) is 94.3 Å². The molecule has 0 fully saturated rings. The minimum absolute atomic E-state index is 0.500. The summed E-state index contributed by atoms with van der Waals surface area (Å²) in [6, 6.07) is 14.8. The molecule has 0 unspecified atom stereocenters. The highest BCUT2D eigenvalue weighted by Crippen LogP contribution is 2.08. The van der Waals surface area contributed by atoms with Crippen molar-refractivity contribution in [3.05, 3.63) is 202 Å². The molecule has 11 heterocycles. The predicted octanol–water partition coefficient (Wildman–Crippen LogP) is 36.0. The van der Waals surface area contributed by atoms with Crippen molar-refractivity contribution in [3.8, 4) is 0 Å². The second kappa shape index (κ2) is 199. The van der Waals surface area contributed by atoms with Gasteiger partial charge in [-0.25, -0.2) is 24.3 Å². The Morgan fingerprint density at radius 1 is 0.220 bits per heavy atom. The van der Waals surface area contributed by atoms with Crippen LogP contribution in [0.25, 0.3) is 0 Å². The second-order valence-corrected chi connectivity index (χ2v) is 31.6. The van der Waals surface area contributed by atoms with E-state index in [1.807, 2.05) is 199 Å². The lowest BCUT2D eigenvalue weighted by Crippen LogP contribution is -1.93. The first kappa shape index (κ1) is 176. The lowest BCUT2D eigenvalue weighted by Gasteiger charge is -2.05. The van der Waals surface area contributed by atoms with Crippen molar-refractivity contribution in [1.29, 1.82) is 0 Å². The minimum Gasteiger partial charge on any atom is -0.431 e. The molecule has 0 aliphatic heterocycles. The van der Waals surface area contributed by atoms with Gasteiger partial charge in [-0.1, -0.05) is 416 Å². The zero-order valence-corrected chi connectivity index (χ0v) is 96.1. The zero-order valence-electron chi connectivity index (χ0n) is 93.6. The van der Waals surface area contributed by atoms with E-state index < -0.39 is 0 Å². The van der Waals surface area contributed by atoms with Crippen LogP contribution in [-0.2, 0) is 0 Å². The van der Waals surface area contributed by atoms with Gasteiger partial charge in [-0.15, -0.1) is 20.4 Å². The van der Waals surface area contributed by atoms with Crippen molar-refractivity contribution in [2.24, 2.45) is 64.1 Å². The summed E-state index contributed by atoms with van der Waals surface area (Å²) in [6.07, 6.45) is 34.2. The molecule has 0 N–H and O–H groups in total. The Kier molecular flexibility index (Phi) is 276. The summed E-state index contributed by atoms with van der Waals surface area (Å²) >= 11 is 4.17. The fourth-order valence-corrected chi connectivity index (χ4v) is 3.00. The molecular weight excluding hydrogens is 1640 g/mol. The highest BCUT2D eigenvalue weighted by Gasteiger charge is 1.96. The Morgan fingerprint density at radius 2 is 0.559 bits per heavy atom. The normalized spacial score (nSPS) is 7.73. The summed E-state index contributed by atoms with van der Waals surface area (Å²) < 4.78 is 28.1. The second-order valence-electron chi connectivity index (χ2n) is 29.6. The predicted molar refractivity (Wildman–Crippen MR) is 571 cm³/mol. The van der Waals surface area contributed by atoms with Crippen molar-refractivity contribution >= 4 is 34.6 Å². The topological polar surface area (TPSA) is 297 Å². The molecule has 23 nitrogen and oxygen atoms in total. The number of rotatable bonds is 0. The van der Waals surface area contributed by atoms with Gasteiger partial charge in [0.25, 0.3) is 0 Å². The zero-order chi connectivity index (χ0) is 105. The number of hydrogen-bond donors (Lipinski definition) is 0. The third kappa shape index (κ3) is 612. The maximum absolute atomic E-state index is 4.36. The molecule has 0 spiro atoms. The van der Waals surface area contributed by atoms with Gasteiger partial charge in [0.2, 0.25) is 19.2 Å². The van der Waals surface area contributed by atoms with Crippen LogP contribution in [0.3, 0.4) is 0 Å². The molecule has 0 saturated heterocycles. The average Bonchev–Trinajstić information content (AvgIpc) is 2.08. The molecule has 0 saturated carbocycles.